The van der Waals surface area contributed by atoms with Crippen molar-refractivity contribution in [3.63, 3.8) is 0 Å². The molecule has 1 unspecified atom stereocenters. The Morgan fingerprint density at radius 2 is 1.68 bits per heavy atom. The highest BCUT2D eigenvalue weighted by Gasteiger charge is 2.32. The van der Waals surface area contributed by atoms with E-state index in [-0.39, 0.29) is 29.7 Å². The number of cyclic esters (lactones) is 1. The summed E-state index contributed by atoms with van der Waals surface area (Å²) in [5, 5.41) is 0. The Hall–Kier alpha value is -3.15. The van der Waals surface area contributed by atoms with Crippen LogP contribution in [0.5, 0.6) is 0 Å². The zero-order chi connectivity index (χ0) is 22.1. The summed E-state index contributed by atoms with van der Waals surface area (Å²) < 4.78 is 5.06. The molecule has 2 aromatic carbocycles. The van der Waals surface area contributed by atoms with Crippen LogP contribution in [0.4, 0.5) is 10.5 Å². The summed E-state index contributed by atoms with van der Waals surface area (Å²) in [6, 6.07) is 13.0. The van der Waals surface area contributed by atoms with Crippen LogP contribution in [0.3, 0.4) is 0 Å². The quantitative estimate of drug-likeness (QED) is 0.689. The van der Waals surface area contributed by atoms with Crippen LogP contribution in [-0.2, 0) is 4.74 Å². The van der Waals surface area contributed by atoms with Crippen molar-refractivity contribution in [3.8, 4) is 0 Å². The monoisotopic (exact) mass is 420 g/mol. The molecular weight excluding hydrogens is 392 g/mol. The molecule has 0 bridgehead atoms. The predicted octanol–water partition coefficient (Wildman–Crippen LogP) is 4.38. The van der Waals surface area contributed by atoms with Crippen molar-refractivity contribution in [1.82, 2.24) is 4.90 Å². The van der Waals surface area contributed by atoms with E-state index in [1.54, 1.807) is 29.2 Å². The third kappa shape index (κ3) is 4.20. The Bertz CT molecular complexity index is 1010. The molecule has 2 amide bonds. The molecule has 0 N–H and O–H groups in total. The second kappa shape index (κ2) is 8.53. The lowest BCUT2D eigenvalue weighted by molar-refractivity contribution is 0.0650. The van der Waals surface area contributed by atoms with Crippen LogP contribution in [0.25, 0.3) is 0 Å². The van der Waals surface area contributed by atoms with Crippen LogP contribution in [0.1, 0.15) is 51.6 Å². The maximum Gasteiger partial charge on any atom is 0.414 e. The smallest absolute Gasteiger partial charge is 0.414 e. The molecule has 0 spiro atoms. The van der Waals surface area contributed by atoms with E-state index < -0.39 is 0 Å². The largest absolute Gasteiger partial charge is 0.447 e. The second-order valence-corrected chi connectivity index (χ2v) is 8.59. The first kappa shape index (κ1) is 21.1. The number of nitrogens with zero attached hydrogens (tertiary/aromatic N) is 2. The number of likely N-dealkylation sites (tertiary alicyclic amines) is 1. The number of aryl methyl sites for hydroxylation is 2. The van der Waals surface area contributed by atoms with Gasteiger partial charge in [0.15, 0.2) is 5.78 Å². The normalized spacial score (nSPS) is 19.5. The number of hydrogen-bond acceptors (Lipinski definition) is 4. The van der Waals surface area contributed by atoms with Gasteiger partial charge in [-0.2, -0.15) is 0 Å². The molecule has 2 aromatic rings. The Balaban J connectivity index is 1.38. The summed E-state index contributed by atoms with van der Waals surface area (Å²) in [4.78, 5) is 41.2. The lowest BCUT2D eigenvalue weighted by Crippen LogP contribution is -2.40. The van der Waals surface area contributed by atoms with Gasteiger partial charge in [-0.05, 0) is 63.4 Å². The Morgan fingerprint density at radius 1 is 1.00 bits per heavy atom. The van der Waals surface area contributed by atoms with Gasteiger partial charge in [0.05, 0.1) is 6.04 Å². The van der Waals surface area contributed by atoms with Crippen molar-refractivity contribution in [1.29, 1.82) is 0 Å². The van der Waals surface area contributed by atoms with Crippen molar-refractivity contribution >= 4 is 23.5 Å². The van der Waals surface area contributed by atoms with Crippen molar-refractivity contribution in [3.05, 3.63) is 64.7 Å². The summed E-state index contributed by atoms with van der Waals surface area (Å²) in [7, 11) is 0. The fraction of sp³-hybridized carbons (Fsp3) is 0.400. The fourth-order valence-electron chi connectivity index (χ4n) is 4.48. The average Bonchev–Trinajstić information content (AvgIpc) is 3.11. The van der Waals surface area contributed by atoms with Gasteiger partial charge in [0.25, 0.3) is 5.91 Å². The molecule has 0 radical (unpaired) electrons. The minimum Gasteiger partial charge on any atom is -0.447 e. The molecule has 6 heteroatoms. The van der Waals surface area contributed by atoms with Gasteiger partial charge in [-0.3, -0.25) is 14.5 Å². The molecule has 2 saturated heterocycles. The average molecular weight is 421 g/mol. The van der Waals surface area contributed by atoms with Crippen molar-refractivity contribution < 1.29 is 19.1 Å². The first-order valence-electron chi connectivity index (χ1n) is 10.8. The number of ether oxygens (including phenoxy) is 1. The molecule has 0 saturated carbocycles. The molecule has 0 aromatic heterocycles. The number of hydrogen-bond donors (Lipinski definition) is 0. The summed E-state index contributed by atoms with van der Waals surface area (Å²) in [5.41, 5.74) is 4.27. The van der Waals surface area contributed by atoms with Crippen molar-refractivity contribution in [2.24, 2.45) is 5.92 Å². The van der Waals surface area contributed by atoms with Gasteiger partial charge in [0.1, 0.15) is 6.61 Å². The van der Waals surface area contributed by atoms with Gasteiger partial charge < -0.3 is 9.64 Å². The topological polar surface area (TPSA) is 66.9 Å². The zero-order valence-electron chi connectivity index (χ0n) is 18.3. The van der Waals surface area contributed by atoms with E-state index in [1.165, 1.54) is 0 Å². The second-order valence-electron chi connectivity index (χ2n) is 8.59. The van der Waals surface area contributed by atoms with Gasteiger partial charge in [0, 0.05) is 35.8 Å². The minimum atomic E-state index is -0.359. The lowest BCUT2D eigenvalue weighted by Gasteiger charge is -2.31. The van der Waals surface area contributed by atoms with Crippen molar-refractivity contribution in [2.45, 2.75) is 39.7 Å². The molecule has 31 heavy (non-hydrogen) atoms. The number of rotatable bonds is 4. The Kier molecular flexibility index (Phi) is 5.81. The molecule has 1 atom stereocenters. The molecule has 6 nitrogen and oxygen atoms in total. The number of piperidine rings is 1. The lowest BCUT2D eigenvalue weighted by atomic mass is 9.87. The fourth-order valence-corrected chi connectivity index (χ4v) is 4.48. The maximum atomic E-state index is 12.9. The Labute approximate surface area is 182 Å². The Morgan fingerprint density at radius 3 is 2.26 bits per heavy atom. The van der Waals surface area contributed by atoms with Gasteiger partial charge >= 0.3 is 6.09 Å². The molecule has 0 aliphatic carbocycles. The number of benzene rings is 2. The third-order valence-corrected chi connectivity index (χ3v) is 6.28. The molecule has 162 valence electrons. The van der Waals surface area contributed by atoms with Crippen molar-refractivity contribution in [2.75, 3.05) is 24.6 Å². The first-order valence-corrected chi connectivity index (χ1v) is 10.8. The maximum absolute atomic E-state index is 12.9. The number of carbonyl (C=O) groups excluding carboxylic acids is 3. The highest BCUT2D eigenvalue weighted by atomic mass is 16.6. The molecular formula is C25H28N2O4. The molecule has 4 rings (SSSR count). The summed E-state index contributed by atoms with van der Waals surface area (Å²) in [5.74, 6) is 0.0945. The van der Waals surface area contributed by atoms with Gasteiger partial charge in [-0.15, -0.1) is 0 Å². The van der Waals surface area contributed by atoms with E-state index in [9.17, 15) is 14.4 Å². The molecule has 2 aliphatic rings. The van der Waals surface area contributed by atoms with Crippen LogP contribution in [0.15, 0.2) is 42.5 Å². The number of carbonyl (C=O) groups is 3. The van der Waals surface area contributed by atoms with Crippen LogP contribution in [0, 0.1) is 19.8 Å². The first-order chi connectivity index (χ1) is 14.8. The van der Waals surface area contributed by atoms with E-state index in [2.05, 4.69) is 0 Å². The molecule has 2 heterocycles. The van der Waals surface area contributed by atoms with Gasteiger partial charge in [-0.1, -0.05) is 23.8 Å². The van der Waals surface area contributed by atoms with E-state index in [1.807, 2.05) is 43.9 Å². The number of Topliss-reactive ketones (excluding diaryl/α,β-unsaturated/α-hetero) is 1. The minimum absolute atomic E-state index is 0.0252. The molecule has 2 aliphatic heterocycles. The van der Waals surface area contributed by atoms with Crippen LogP contribution < -0.4 is 4.90 Å². The standard InChI is InChI=1S/C25H28N2O4/c1-16-4-9-22(17(2)14-16)23(28)19-10-12-26(13-11-19)24(29)20-5-7-21(8-6-20)27-18(3)15-31-25(27)30/h4-9,14,18-19H,10-13,15H2,1-3H3. The highest BCUT2D eigenvalue weighted by molar-refractivity contribution is 6.00. The van der Waals surface area contributed by atoms with Gasteiger partial charge in [-0.25, -0.2) is 4.79 Å². The van der Waals surface area contributed by atoms with Crippen LogP contribution >= 0.6 is 0 Å². The summed E-state index contributed by atoms with van der Waals surface area (Å²) in [6.45, 7) is 7.43. The van der Waals surface area contributed by atoms with Gasteiger partial charge in [0.2, 0.25) is 0 Å². The molecule has 2 fully saturated rings. The SMILES string of the molecule is Cc1ccc(C(=O)C2CCN(C(=O)c3ccc(N4C(=O)OCC4C)cc3)CC2)c(C)c1. The third-order valence-electron chi connectivity index (χ3n) is 6.28. The number of ketones is 1. The summed E-state index contributed by atoms with van der Waals surface area (Å²) in [6.07, 6.45) is 0.988. The highest BCUT2D eigenvalue weighted by Crippen LogP contribution is 2.26. The van der Waals surface area contributed by atoms with Crippen LogP contribution in [-0.4, -0.2) is 48.4 Å². The number of anilines is 1. The number of amides is 2. The van der Waals surface area contributed by atoms with E-state index >= 15 is 0 Å². The summed E-state index contributed by atoms with van der Waals surface area (Å²) >= 11 is 0. The zero-order valence-corrected chi connectivity index (χ0v) is 18.3. The van der Waals surface area contributed by atoms with E-state index in [0.29, 0.717) is 38.1 Å². The van der Waals surface area contributed by atoms with E-state index in [0.717, 1.165) is 22.4 Å². The predicted molar refractivity (Wildman–Crippen MR) is 119 cm³/mol. The van der Waals surface area contributed by atoms with E-state index in [4.69, 9.17) is 4.74 Å². The van der Waals surface area contributed by atoms with Crippen LogP contribution in [0.2, 0.25) is 0 Å².